The van der Waals surface area contributed by atoms with Crippen molar-refractivity contribution >= 4 is 29.3 Å². The van der Waals surface area contributed by atoms with Crippen LogP contribution in [0.3, 0.4) is 0 Å². The number of anilines is 1. The lowest BCUT2D eigenvalue weighted by Crippen LogP contribution is -2.50. The molecule has 0 aliphatic carbocycles. The first-order valence-corrected chi connectivity index (χ1v) is 8.45. The number of hydrogen-bond acceptors (Lipinski definition) is 6. The Balaban J connectivity index is 0.00000169. The third-order valence-electron chi connectivity index (χ3n) is 5.24. The van der Waals surface area contributed by atoms with Gasteiger partial charge in [0.15, 0.2) is 5.65 Å². The van der Waals surface area contributed by atoms with Crippen LogP contribution in [-0.4, -0.2) is 70.5 Å². The number of aromatic nitrogens is 4. The molecule has 0 aromatic carbocycles. The first-order chi connectivity index (χ1) is 11.1. The molecule has 0 amide bonds. The van der Waals surface area contributed by atoms with Crippen LogP contribution in [-0.2, 0) is 7.05 Å². The Morgan fingerprint density at radius 2 is 2.00 bits per heavy atom. The zero-order valence-corrected chi connectivity index (χ0v) is 15.2. The zero-order chi connectivity index (χ0) is 15.9. The minimum Gasteiger partial charge on any atom is -0.353 e. The van der Waals surface area contributed by atoms with Gasteiger partial charge in [-0.25, -0.2) is 9.97 Å². The molecular formula is C16H26ClN7. The van der Waals surface area contributed by atoms with Gasteiger partial charge in [-0.15, -0.1) is 12.4 Å². The van der Waals surface area contributed by atoms with Gasteiger partial charge in [0.05, 0.1) is 11.6 Å². The maximum absolute atomic E-state index is 4.52. The van der Waals surface area contributed by atoms with Gasteiger partial charge in [0.2, 0.25) is 0 Å². The van der Waals surface area contributed by atoms with Gasteiger partial charge < -0.3 is 10.2 Å². The van der Waals surface area contributed by atoms with Crippen LogP contribution >= 0.6 is 12.4 Å². The topological polar surface area (TPSA) is 62.1 Å². The highest BCUT2D eigenvalue weighted by atomic mass is 35.5. The van der Waals surface area contributed by atoms with E-state index in [0.29, 0.717) is 5.41 Å². The molecule has 7 nitrogen and oxygen atoms in total. The predicted molar refractivity (Wildman–Crippen MR) is 97.8 cm³/mol. The molecule has 1 atom stereocenters. The van der Waals surface area contributed by atoms with E-state index >= 15 is 0 Å². The van der Waals surface area contributed by atoms with Crippen molar-refractivity contribution in [3.05, 3.63) is 12.5 Å². The molecule has 2 aromatic rings. The predicted octanol–water partition coefficient (Wildman–Crippen LogP) is 0.907. The van der Waals surface area contributed by atoms with Gasteiger partial charge in [-0.2, -0.15) is 5.10 Å². The van der Waals surface area contributed by atoms with Crippen LogP contribution in [0.15, 0.2) is 12.5 Å². The summed E-state index contributed by atoms with van der Waals surface area (Å²) in [5, 5.41) is 8.86. The van der Waals surface area contributed by atoms with Gasteiger partial charge in [-0.3, -0.25) is 9.58 Å². The Bertz CT molecular complexity index is 687. The molecule has 2 aromatic heterocycles. The number of rotatable bonds is 3. The largest absolute Gasteiger partial charge is 0.353 e. The zero-order valence-electron chi connectivity index (χ0n) is 14.4. The smallest absolute Gasteiger partial charge is 0.163 e. The lowest BCUT2D eigenvalue weighted by atomic mass is 9.89. The third kappa shape index (κ3) is 3.20. The van der Waals surface area contributed by atoms with Crippen LogP contribution in [0.25, 0.3) is 11.0 Å². The first kappa shape index (κ1) is 17.4. The second-order valence-electron chi connectivity index (χ2n) is 7.20. The number of nitrogens with zero attached hydrogens (tertiary/aromatic N) is 6. The van der Waals surface area contributed by atoms with E-state index in [9.17, 15) is 0 Å². The van der Waals surface area contributed by atoms with E-state index in [2.05, 4.69) is 37.1 Å². The van der Waals surface area contributed by atoms with Crippen LogP contribution in [0.4, 0.5) is 5.82 Å². The number of nitrogens with one attached hydrogen (secondary N) is 1. The van der Waals surface area contributed by atoms with Gasteiger partial charge >= 0.3 is 0 Å². The number of piperazine rings is 1. The van der Waals surface area contributed by atoms with E-state index in [0.717, 1.165) is 56.1 Å². The second kappa shape index (κ2) is 6.82. The first-order valence-electron chi connectivity index (χ1n) is 8.45. The highest BCUT2D eigenvalue weighted by Gasteiger charge is 2.32. The van der Waals surface area contributed by atoms with Gasteiger partial charge in [0.25, 0.3) is 0 Å². The molecule has 2 aliphatic rings. The second-order valence-corrected chi connectivity index (χ2v) is 7.20. The van der Waals surface area contributed by atoms with E-state index in [4.69, 9.17) is 0 Å². The normalized spacial score (nSPS) is 25.2. The number of halogens is 1. The van der Waals surface area contributed by atoms with Crippen molar-refractivity contribution in [1.82, 2.24) is 30.0 Å². The van der Waals surface area contributed by atoms with Crippen molar-refractivity contribution in [1.29, 1.82) is 0 Å². The number of fused-ring (bicyclic) bond motifs is 1. The summed E-state index contributed by atoms with van der Waals surface area (Å²) in [6.45, 7) is 10.1. The molecule has 2 fully saturated rings. The van der Waals surface area contributed by atoms with Crippen molar-refractivity contribution in [2.24, 2.45) is 12.5 Å². The highest BCUT2D eigenvalue weighted by molar-refractivity contribution is 5.86. The van der Waals surface area contributed by atoms with Crippen LogP contribution < -0.4 is 10.2 Å². The SMILES string of the molecule is Cl.Cn1ncc2c(N3CCN(CC4(C)CCNC4)CC3)ncnc21. The molecule has 24 heavy (non-hydrogen) atoms. The summed E-state index contributed by atoms with van der Waals surface area (Å²) in [6, 6.07) is 0. The van der Waals surface area contributed by atoms with Crippen molar-refractivity contribution in [3.8, 4) is 0 Å². The fourth-order valence-corrected chi connectivity index (χ4v) is 3.86. The van der Waals surface area contributed by atoms with Crippen LogP contribution in [0.2, 0.25) is 0 Å². The van der Waals surface area contributed by atoms with Gasteiger partial charge in [0, 0.05) is 46.3 Å². The minimum absolute atomic E-state index is 0. The van der Waals surface area contributed by atoms with E-state index in [1.165, 1.54) is 13.0 Å². The van der Waals surface area contributed by atoms with Gasteiger partial charge in [-0.1, -0.05) is 6.92 Å². The van der Waals surface area contributed by atoms with Crippen LogP contribution in [0, 0.1) is 5.41 Å². The quantitative estimate of drug-likeness (QED) is 0.886. The number of hydrogen-bond donors (Lipinski definition) is 1. The Morgan fingerprint density at radius 3 is 2.71 bits per heavy atom. The third-order valence-corrected chi connectivity index (χ3v) is 5.24. The molecule has 0 spiro atoms. The minimum atomic E-state index is 0. The molecule has 4 heterocycles. The number of aryl methyl sites for hydroxylation is 1. The summed E-state index contributed by atoms with van der Waals surface area (Å²) in [6.07, 6.45) is 4.81. The fourth-order valence-electron chi connectivity index (χ4n) is 3.86. The molecule has 2 aliphatic heterocycles. The molecule has 8 heteroatoms. The van der Waals surface area contributed by atoms with E-state index in [1.54, 1.807) is 6.33 Å². The Morgan fingerprint density at radius 1 is 1.21 bits per heavy atom. The van der Waals surface area contributed by atoms with Crippen LogP contribution in [0.1, 0.15) is 13.3 Å². The van der Waals surface area contributed by atoms with Crippen molar-refractivity contribution in [3.63, 3.8) is 0 Å². The Hall–Kier alpha value is -1.44. The van der Waals surface area contributed by atoms with Gasteiger partial charge in [0.1, 0.15) is 12.1 Å². The molecule has 0 radical (unpaired) electrons. The molecule has 2 saturated heterocycles. The molecule has 1 unspecified atom stereocenters. The monoisotopic (exact) mass is 351 g/mol. The molecule has 132 valence electrons. The Labute approximate surface area is 148 Å². The summed E-state index contributed by atoms with van der Waals surface area (Å²) in [5.41, 5.74) is 1.34. The van der Waals surface area contributed by atoms with Crippen molar-refractivity contribution in [2.45, 2.75) is 13.3 Å². The molecular weight excluding hydrogens is 326 g/mol. The molecule has 0 saturated carbocycles. The summed E-state index contributed by atoms with van der Waals surface area (Å²) in [5.74, 6) is 1.02. The maximum atomic E-state index is 4.52. The molecule has 1 N–H and O–H groups in total. The fraction of sp³-hybridized carbons (Fsp3) is 0.688. The van der Waals surface area contributed by atoms with Gasteiger partial charge in [-0.05, 0) is 18.4 Å². The lowest BCUT2D eigenvalue weighted by molar-refractivity contribution is 0.169. The summed E-state index contributed by atoms with van der Waals surface area (Å²) in [4.78, 5) is 13.8. The summed E-state index contributed by atoms with van der Waals surface area (Å²) < 4.78 is 1.81. The highest BCUT2D eigenvalue weighted by Crippen LogP contribution is 2.27. The van der Waals surface area contributed by atoms with E-state index in [-0.39, 0.29) is 12.4 Å². The van der Waals surface area contributed by atoms with E-state index in [1.807, 2.05) is 17.9 Å². The summed E-state index contributed by atoms with van der Waals surface area (Å²) >= 11 is 0. The standard InChI is InChI=1S/C16H25N7.ClH/c1-16(3-4-17-10-16)11-22-5-7-23(8-6-22)15-13-9-20-21(2)14(13)18-12-19-15;/h9,12,17H,3-8,10-11H2,1-2H3;1H. The van der Waals surface area contributed by atoms with Crippen molar-refractivity contribution < 1.29 is 0 Å². The van der Waals surface area contributed by atoms with Crippen LogP contribution in [0.5, 0.6) is 0 Å². The molecule has 0 bridgehead atoms. The maximum Gasteiger partial charge on any atom is 0.163 e. The summed E-state index contributed by atoms with van der Waals surface area (Å²) in [7, 11) is 1.92. The lowest BCUT2D eigenvalue weighted by Gasteiger charge is -2.39. The van der Waals surface area contributed by atoms with Crippen molar-refractivity contribution in [2.75, 3.05) is 50.7 Å². The molecule has 4 rings (SSSR count). The average Bonchev–Trinajstić information content (AvgIpc) is 3.15. The van der Waals surface area contributed by atoms with E-state index < -0.39 is 0 Å². The average molecular weight is 352 g/mol. The Kier molecular flexibility index (Phi) is 4.94.